The Kier molecular flexibility index (Phi) is 13.4. The van der Waals surface area contributed by atoms with E-state index in [1.807, 2.05) is 13.8 Å². The number of carbonyl (C=O) groups is 2. The Hall–Kier alpha value is -4.38. The van der Waals surface area contributed by atoms with E-state index in [0.717, 1.165) is 51.4 Å². The van der Waals surface area contributed by atoms with Gasteiger partial charge in [-0.05, 0) is 88.4 Å². The Balaban J connectivity index is 1.37. The van der Waals surface area contributed by atoms with Gasteiger partial charge >= 0.3 is 6.03 Å². The lowest BCUT2D eigenvalue weighted by Crippen LogP contribution is -2.38. The summed E-state index contributed by atoms with van der Waals surface area (Å²) in [6.45, 7) is 13.0. The van der Waals surface area contributed by atoms with Gasteiger partial charge in [0.25, 0.3) is 5.91 Å². The molecule has 1 aliphatic heterocycles. The van der Waals surface area contributed by atoms with E-state index >= 15 is 4.39 Å². The minimum atomic E-state index is -0.696. The normalized spacial score (nSPS) is 13.7. The molecular formula is C37H48F2N4O5. The van der Waals surface area contributed by atoms with Crippen molar-refractivity contribution in [1.29, 1.82) is 0 Å². The fraction of sp³-hybridized carbons (Fsp3) is 0.459. The summed E-state index contributed by atoms with van der Waals surface area (Å²) >= 11 is 0. The Morgan fingerprint density at radius 1 is 0.896 bits per heavy atom. The third kappa shape index (κ3) is 10.1. The van der Waals surface area contributed by atoms with Crippen molar-refractivity contribution >= 4 is 23.3 Å². The van der Waals surface area contributed by atoms with E-state index < -0.39 is 23.6 Å². The van der Waals surface area contributed by atoms with Gasteiger partial charge in [-0.25, -0.2) is 13.6 Å². The molecule has 260 valence electrons. The van der Waals surface area contributed by atoms with E-state index in [-0.39, 0.29) is 41.5 Å². The van der Waals surface area contributed by atoms with Gasteiger partial charge in [0, 0.05) is 43.0 Å². The molecule has 0 aliphatic carbocycles. The van der Waals surface area contributed by atoms with Gasteiger partial charge in [0.1, 0.15) is 23.4 Å². The SMILES string of the molecule is CCCCN1CCC(Oc2cc(F)c(C(=O)Nc3ccc(Oc4cc(F)c(NC(=O)NC(CC)CC)cc4OCC)cc3)cc2C)CC1. The zero-order chi connectivity index (χ0) is 34.6. The van der Waals surface area contributed by atoms with Gasteiger partial charge in [0.15, 0.2) is 17.3 Å². The van der Waals surface area contributed by atoms with Crippen LogP contribution in [0.1, 0.15) is 82.1 Å². The second-order valence-corrected chi connectivity index (χ2v) is 12.0. The standard InChI is InChI=1S/C37H48F2N4O5/c1-6-10-17-43-18-15-28(16-19-43)47-33-21-30(38)29(20-24(33)5)36(44)40-26-11-13-27(14-12-26)48-35-22-31(39)32(23-34(35)46-9-4)42-37(45)41-25(7-2)8-3/h11-14,20-23,25,28H,6-10,15-19H2,1-5H3,(H,40,44)(H2,41,42,45). The zero-order valence-electron chi connectivity index (χ0n) is 28.6. The second kappa shape index (κ2) is 17.7. The molecule has 0 aromatic heterocycles. The number of ether oxygens (including phenoxy) is 3. The number of unbranched alkanes of at least 4 members (excludes halogenated alkanes) is 1. The summed E-state index contributed by atoms with van der Waals surface area (Å²) < 4.78 is 47.8. The van der Waals surface area contributed by atoms with Crippen LogP contribution in [0.4, 0.5) is 25.0 Å². The number of likely N-dealkylation sites (tertiary alicyclic amines) is 1. The van der Waals surface area contributed by atoms with Crippen LogP contribution >= 0.6 is 0 Å². The molecule has 3 aromatic carbocycles. The second-order valence-electron chi connectivity index (χ2n) is 12.0. The van der Waals surface area contributed by atoms with Crippen LogP contribution in [0.2, 0.25) is 0 Å². The molecule has 1 fully saturated rings. The number of benzene rings is 3. The largest absolute Gasteiger partial charge is 0.490 e. The molecule has 0 bridgehead atoms. The van der Waals surface area contributed by atoms with Crippen LogP contribution in [0.25, 0.3) is 0 Å². The monoisotopic (exact) mass is 666 g/mol. The number of rotatable bonds is 15. The lowest BCUT2D eigenvalue weighted by molar-refractivity contribution is 0.0986. The molecule has 0 unspecified atom stereocenters. The zero-order valence-corrected chi connectivity index (χ0v) is 28.6. The van der Waals surface area contributed by atoms with E-state index in [0.29, 0.717) is 22.7 Å². The molecule has 1 saturated heterocycles. The van der Waals surface area contributed by atoms with Crippen molar-refractivity contribution in [1.82, 2.24) is 10.2 Å². The number of nitrogens with one attached hydrogen (secondary N) is 3. The predicted molar refractivity (Wildman–Crippen MR) is 185 cm³/mol. The van der Waals surface area contributed by atoms with Gasteiger partial charge in [-0.3, -0.25) is 4.79 Å². The maximum absolute atomic E-state index is 15.1. The van der Waals surface area contributed by atoms with Crippen molar-refractivity contribution in [2.24, 2.45) is 0 Å². The summed E-state index contributed by atoms with van der Waals surface area (Å²) in [6, 6.07) is 11.1. The Morgan fingerprint density at radius 3 is 2.23 bits per heavy atom. The third-order valence-electron chi connectivity index (χ3n) is 8.41. The van der Waals surface area contributed by atoms with Gasteiger partial charge in [-0.1, -0.05) is 27.2 Å². The van der Waals surface area contributed by atoms with Crippen LogP contribution in [-0.2, 0) is 0 Å². The number of anilines is 2. The number of hydrogen-bond donors (Lipinski definition) is 3. The first-order valence-corrected chi connectivity index (χ1v) is 17.0. The lowest BCUT2D eigenvalue weighted by atomic mass is 10.1. The van der Waals surface area contributed by atoms with Crippen molar-refractivity contribution in [3.05, 3.63) is 71.3 Å². The van der Waals surface area contributed by atoms with E-state index in [1.54, 1.807) is 38.1 Å². The number of piperidine rings is 1. The Bertz CT molecular complexity index is 1520. The number of urea groups is 1. The highest BCUT2D eigenvalue weighted by atomic mass is 19.1. The van der Waals surface area contributed by atoms with Crippen LogP contribution in [0.3, 0.4) is 0 Å². The van der Waals surface area contributed by atoms with Crippen LogP contribution < -0.4 is 30.2 Å². The summed E-state index contributed by atoms with van der Waals surface area (Å²) in [7, 11) is 0. The average molecular weight is 667 g/mol. The molecule has 48 heavy (non-hydrogen) atoms. The molecule has 9 nitrogen and oxygen atoms in total. The van der Waals surface area contributed by atoms with E-state index in [1.165, 1.54) is 31.0 Å². The summed E-state index contributed by atoms with van der Waals surface area (Å²) in [4.78, 5) is 27.8. The van der Waals surface area contributed by atoms with Gasteiger partial charge in [-0.2, -0.15) is 0 Å². The summed E-state index contributed by atoms with van der Waals surface area (Å²) in [5.74, 6) is -0.807. The molecule has 1 aliphatic rings. The minimum Gasteiger partial charge on any atom is -0.490 e. The van der Waals surface area contributed by atoms with Crippen LogP contribution in [0.5, 0.6) is 23.0 Å². The molecule has 0 saturated carbocycles. The van der Waals surface area contributed by atoms with Gasteiger partial charge in [-0.15, -0.1) is 0 Å². The predicted octanol–water partition coefficient (Wildman–Crippen LogP) is 8.67. The molecule has 0 radical (unpaired) electrons. The first-order chi connectivity index (χ1) is 23.1. The van der Waals surface area contributed by atoms with Crippen molar-refractivity contribution in [3.63, 3.8) is 0 Å². The van der Waals surface area contributed by atoms with Gasteiger partial charge in [0.05, 0.1) is 17.9 Å². The van der Waals surface area contributed by atoms with E-state index in [9.17, 15) is 14.0 Å². The number of amides is 3. The fourth-order valence-corrected chi connectivity index (χ4v) is 5.52. The molecular weight excluding hydrogens is 618 g/mol. The summed E-state index contributed by atoms with van der Waals surface area (Å²) in [6.07, 6.45) is 5.64. The third-order valence-corrected chi connectivity index (χ3v) is 8.41. The first-order valence-electron chi connectivity index (χ1n) is 17.0. The highest BCUT2D eigenvalue weighted by molar-refractivity contribution is 6.04. The van der Waals surface area contributed by atoms with E-state index in [2.05, 4.69) is 27.8 Å². The maximum Gasteiger partial charge on any atom is 0.319 e. The highest BCUT2D eigenvalue weighted by Gasteiger charge is 2.23. The number of aryl methyl sites for hydroxylation is 1. The topological polar surface area (TPSA) is 101 Å². The molecule has 0 atom stereocenters. The fourth-order valence-electron chi connectivity index (χ4n) is 5.52. The Morgan fingerprint density at radius 2 is 1.58 bits per heavy atom. The van der Waals surface area contributed by atoms with E-state index in [4.69, 9.17) is 14.2 Å². The number of halogens is 2. The molecule has 11 heteroatoms. The van der Waals surface area contributed by atoms with Gasteiger partial charge < -0.3 is 35.1 Å². The molecule has 1 heterocycles. The summed E-state index contributed by atoms with van der Waals surface area (Å²) in [5, 5.41) is 8.06. The molecule has 0 spiro atoms. The molecule has 3 aromatic rings. The minimum absolute atomic E-state index is 0.0165. The van der Waals surface area contributed by atoms with Crippen LogP contribution in [0, 0.1) is 18.6 Å². The average Bonchev–Trinajstić information content (AvgIpc) is 3.07. The van der Waals surface area contributed by atoms with Gasteiger partial charge in [0.2, 0.25) is 0 Å². The Labute approximate surface area is 282 Å². The number of carbonyl (C=O) groups excluding carboxylic acids is 2. The maximum atomic E-state index is 15.1. The quantitative estimate of drug-likeness (QED) is 0.150. The van der Waals surface area contributed by atoms with Crippen LogP contribution in [0.15, 0.2) is 48.5 Å². The van der Waals surface area contributed by atoms with Crippen molar-refractivity contribution in [3.8, 4) is 23.0 Å². The van der Waals surface area contributed by atoms with Crippen molar-refractivity contribution < 1.29 is 32.6 Å². The highest BCUT2D eigenvalue weighted by Crippen LogP contribution is 2.36. The summed E-state index contributed by atoms with van der Waals surface area (Å²) in [5.41, 5.74) is 0.967. The van der Waals surface area contributed by atoms with Crippen molar-refractivity contribution in [2.45, 2.75) is 85.3 Å². The molecule has 3 amide bonds. The van der Waals surface area contributed by atoms with Crippen LogP contribution in [-0.4, -0.2) is 55.2 Å². The lowest BCUT2D eigenvalue weighted by Gasteiger charge is -2.32. The van der Waals surface area contributed by atoms with Crippen molar-refractivity contribution in [2.75, 3.05) is 36.9 Å². The first kappa shape index (κ1) is 36.5. The molecule has 4 rings (SSSR count). The number of hydrogen-bond acceptors (Lipinski definition) is 6. The molecule has 3 N–H and O–H groups in total. The smallest absolute Gasteiger partial charge is 0.319 e. The number of nitrogens with zero attached hydrogens (tertiary/aromatic N) is 1.